The predicted octanol–water partition coefficient (Wildman–Crippen LogP) is 3.95. The molecule has 1 amide bonds. The van der Waals surface area contributed by atoms with Crippen LogP contribution in [0.4, 0.5) is 5.69 Å². The highest BCUT2D eigenvalue weighted by Gasteiger charge is 2.29. The Morgan fingerprint density at radius 3 is 2.50 bits per heavy atom. The number of anilines is 1. The third kappa shape index (κ3) is 4.58. The molecule has 2 aromatic carbocycles. The standard InChI is InChI=1S/C23H18BrN3O6S/c1-13-19(22(28)27(26-13)15-4-7-17(8-5-15)34(25,30)31)12-16-6-10-21(33-16)18-9-3-14(24)11-20(18)23(29)32-2/h3-12H,1-2H3,(H2,25,30,31)/b19-12-. The lowest BCUT2D eigenvalue weighted by Crippen LogP contribution is -2.21. The maximum Gasteiger partial charge on any atom is 0.338 e. The fourth-order valence-corrected chi connectivity index (χ4v) is 4.24. The summed E-state index contributed by atoms with van der Waals surface area (Å²) in [6, 6.07) is 14.0. The summed E-state index contributed by atoms with van der Waals surface area (Å²) in [5.74, 6) is -0.100. The zero-order valence-corrected chi connectivity index (χ0v) is 20.4. The van der Waals surface area contributed by atoms with E-state index in [0.717, 1.165) is 0 Å². The summed E-state index contributed by atoms with van der Waals surface area (Å²) in [7, 11) is -2.55. The molecule has 0 saturated carbocycles. The van der Waals surface area contributed by atoms with E-state index in [0.29, 0.717) is 44.1 Å². The maximum atomic E-state index is 13.0. The van der Waals surface area contributed by atoms with Crippen LogP contribution in [-0.4, -0.2) is 33.1 Å². The van der Waals surface area contributed by atoms with Crippen molar-refractivity contribution in [1.29, 1.82) is 0 Å². The zero-order valence-electron chi connectivity index (χ0n) is 18.0. The fourth-order valence-electron chi connectivity index (χ4n) is 3.36. The molecule has 4 rings (SSSR count). The summed E-state index contributed by atoms with van der Waals surface area (Å²) in [5.41, 5.74) is 2.02. The average Bonchev–Trinajstić information content (AvgIpc) is 3.38. The number of nitrogens with two attached hydrogens (primary N) is 1. The van der Waals surface area contributed by atoms with Crippen LogP contribution in [0.1, 0.15) is 23.0 Å². The van der Waals surface area contributed by atoms with Crippen molar-refractivity contribution in [2.45, 2.75) is 11.8 Å². The van der Waals surface area contributed by atoms with Gasteiger partial charge in [0.1, 0.15) is 11.5 Å². The number of sulfonamides is 1. The molecule has 0 spiro atoms. The molecule has 2 heterocycles. The number of hydrogen-bond acceptors (Lipinski definition) is 7. The van der Waals surface area contributed by atoms with E-state index in [1.165, 1.54) is 36.4 Å². The van der Waals surface area contributed by atoms with E-state index in [4.69, 9.17) is 14.3 Å². The van der Waals surface area contributed by atoms with Gasteiger partial charge in [-0.05, 0) is 67.6 Å². The summed E-state index contributed by atoms with van der Waals surface area (Å²) in [6.07, 6.45) is 1.56. The van der Waals surface area contributed by atoms with Crippen LogP contribution in [-0.2, 0) is 19.6 Å². The predicted molar refractivity (Wildman–Crippen MR) is 130 cm³/mol. The van der Waals surface area contributed by atoms with E-state index in [-0.39, 0.29) is 4.90 Å². The van der Waals surface area contributed by atoms with Crippen molar-refractivity contribution in [3.8, 4) is 11.3 Å². The van der Waals surface area contributed by atoms with Crippen LogP contribution in [0.3, 0.4) is 0 Å². The quantitative estimate of drug-likeness (QED) is 0.382. The van der Waals surface area contributed by atoms with Gasteiger partial charge < -0.3 is 9.15 Å². The number of carbonyl (C=O) groups excluding carboxylic acids is 2. The number of rotatable bonds is 5. The van der Waals surface area contributed by atoms with Crippen molar-refractivity contribution in [2.24, 2.45) is 10.2 Å². The smallest absolute Gasteiger partial charge is 0.338 e. The highest BCUT2D eigenvalue weighted by atomic mass is 79.9. The van der Waals surface area contributed by atoms with Gasteiger partial charge in [-0.25, -0.2) is 18.4 Å². The molecule has 11 heteroatoms. The van der Waals surface area contributed by atoms with Gasteiger partial charge in [0.25, 0.3) is 5.91 Å². The lowest BCUT2D eigenvalue weighted by Gasteiger charge is -2.12. The van der Waals surface area contributed by atoms with Crippen molar-refractivity contribution in [3.05, 3.63) is 76.0 Å². The van der Waals surface area contributed by atoms with Crippen LogP contribution in [0.15, 0.2) is 79.1 Å². The van der Waals surface area contributed by atoms with Crippen LogP contribution in [0.2, 0.25) is 0 Å². The van der Waals surface area contributed by atoms with Crippen molar-refractivity contribution in [1.82, 2.24) is 0 Å². The molecule has 1 aromatic heterocycles. The molecule has 9 nitrogen and oxygen atoms in total. The first-order valence-corrected chi connectivity index (χ1v) is 12.1. The summed E-state index contributed by atoms with van der Waals surface area (Å²) in [5, 5.41) is 10.6. The van der Waals surface area contributed by atoms with E-state index >= 15 is 0 Å². The number of primary sulfonamides is 1. The number of nitrogens with zero attached hydrogens (tertiary/aromatic N) is 2. The fraction of sp³-hybridized carbons (Fsp3) is 0.0870. The normalized spacial score (nSPS) is 15.1. The molecule has 0 fully saturated rings. The molecule has 0 radical (unpaired) electrons. The van der Waals surface area contributed by atoms with Crippen LogP contribution in [0.25, 0.3) is 17.4 Å². The topological polar surface area (TPSA) is 132 Å². The molecular weight excluding hydrogens is 526 g/mol. The van der Waals surface area contributed by atoms with Crippen LogP contribution in [0, 0.1) is 0 Å². The van der Waals surface area contributed by atoms with E-state index < -0.39 is 21.9 Å². The SMILES string of the molecule is COC(=O)c1cc(Br)ccc1-c1ccc(/C=C2\C(=O)N(c3ccc(S(N)(=O)=O)cc3)N=C2C)o1. The molecule has 0 aliphatic carbocycles. The molecule has 34 heavy (non-hydrogen) atoms. The molecule has 0 bridgehead atoms. The third-order valence-electron chi connectivity index (χ3n) is 5.04. The molecular formula is C23H18BrN3O6S. The average molecular weight is 544 g/mol. The van der Waals surface area contributed by atoms with Gasteiger partial charge >= 0.3 is 5.97 Å². The Balaban J connectivity index is 1.63. The Hall–Kier alpha value is -3.54. The minimum absolute atomic E-state index is 0.0678. The minimum Gasteiger partial charge on any atom is -0.465 e. The summed E-state index contributed by atoms with van der Waals surface area (Å²) in [6.45, 7) is 1.68. The van der Waals surface area contributed by atoms with Gasteiger partial charge in [-0.1, -0.05) is 15.9 Å². The number of amides is 1. The van der Waals surface area contributed by atoms with Crippen molar-refractivity contribution in [2.75, 3.05) is 12.1 Å². The third-order valence-corrected chi connectivity index (χ3v) is 6.46. The lowest BCUT2D eigenvalue weighted by atomic mass is 10.1. The first kappa shape index (κ1) is 23.6. The number of halogens is 1. The van der Waals surface area contributed by atoms with Gasteiger partial charge in [0.05, 0.1) is 34.5 Å². The largest absolute Gasteiger partial charge is 0.465 e. The monoisotopic (exact) mass is 543 g/mol. The Morgan fingerprint density at radius 1 is 1.15 bits per heavy atom. The number of hydrazone groups is 1. The van der Waals surface area contributed by atoms with E-state index in [1.54, 1.807) is 43.3 Å². The molecule has 0 atom stereocenters. The van der Waals surface area contributed by atoms with E-state index in [9.17, 15) is 18.0 Å². The number of ether oxygens (including phenoxy) is 1. The summed E-state index contributed by atoms with van der Waals surface area (Å²) in [4.78, 5) is 25.1. The number of carbonyl (C=O) groups is 2. The van der Waals surface area contributed by atoms with Gasteiger partial charge in [-0.15, -0.1) is 0 Å². The number of furan rings is 1. The second-order valence-electron chi connectivity index (χ2n) is 7.28. The highest BCUT2D eigenvalue weighted by Crippen LogP contribution is 2.31. The summed E-state index contributed by atoms with van der Waals surface area (Å²) >= 11 is 3.34. The Morgan fingerprint density at radius 2 is 1.85 bits per heavy atom. The second-order valence-corrected chi connectivity index (χ2v) is 9.76. The lowest BCUT2D eigenvalue weighted by molar-refractivity contribution is -0.114. The van der Waals surface area contributed by atoms with Crippen molar-refractivity contribution >= 4 is 55.3 Å². The first-order valence-electron chi connectivity index (χ1n) is 9.81. The molecule has 2 N–H and O–H groups in total. The van der Waals surface area contributed by atoms with Crippen molar-refractivity contribution < 1.29 is 27.2 Å². The van der Waals surface area contributed by atoms with Gasteiger partial charge in [-0.3, -0.25) is 4.79 Å². The first-order chi connectivity index (χ1) is 16.1. The molecule has 174 valence electrons. The molecule has 3 aromatic rings. The molecule has 1 aliphatic rings. The molecule has 0 unspecified atom stereocenters. The Bertz CT molecular complexity index is 1470. The van der Waals surface area contributed by atoms with Crippen LogP contribution >= 0.6 is 15.9 Å². The number of hydrogen-bond donors (Lipinski definition) is 1. The zero-order chi connectivity index (χ0) is 24.6. The van der Waals surface area contributed by atoms with Crippen molar-refractivity contribution in [3.63, 3.8) is 0 Å². The number of methoxy groups -OCH3 is 1. The highest BCUT2D eigenvalue weighted by molar-refractivity contribution is 9.10. The van der Waals surface area contributed by atoms with Crippen LogP contribution < -0.4 is 10.1 Å². The maximum absolute atomic E-state index is 13.0. The van der Waals surface area contributed by atoms with Gasteiger partial charge in [0.15, 0.2) is 0 Å². The van der Waals surface area contributed by atoms with Crippen LogP contribution in [0.5, 0.6) is 0 Å². The Labute approximate surface area is 203 Å². The van der Waals surface area contributed by atoms with Gasteiger partial charge in [0.2, 0.25) is 10.0 Å². The molecule has 1 aliphatic heterocycles. The van der Waals surface area contributed by atoms with Gasteiger partial charge in [0, 0.05) is 10.0 Å². The number of benzene rings is 2. The van der Waals surface area contributed by atoms with Gasteiger partial charge in [-0.2, -0.15) is 10.1 Å². The molecule has 0 saturated heterocycles. The van der Waals surface area contributed by atoms with E-state index in [2.05, 4.69) is 21.0 Å². The van der Waals surface area contributed by atoms with E-state index in [1.807, 2.05) is 0 Å². The second kappa shape index (κ2) is 9.01. The summed E-state index contributed by atoms with van der Waals surface area (Å²) < 4.78 is 34.4. The number of esters is 1. The Kier molecular flexibility index (Phi) is 6.26. The minimum atomic E-state index is -3.85.